The van der Waals surface area contributed by atoms with E-state index in [9.17, 15) is 13.9 Å². The van der Waals surface area contributed by atoms with Crippen molar-refractivity contribution in [2.45, 2.75) is 52.0 Å². The van der Waals surface area contributed by atoms with Crippen molar-refractivity contribution in [3.8, 4) is 0 Å². The maximum Gasteiger partial charge on any atom is 0.346 e. The lowest BCUT2D eigenvalue weighted by atomic mass is 9.90. The van der Waals surface area contributed by atoms with Gasteiger partial charge in [-0.2, -0.15) is 0 Å². The zero-order valence-corrected chi connectivity index (χ0v) is 21.7. The Morgan fingerprint density at radius 1 is 0.818 bits per heavy atom. The van der Waals surface area contributed by atoms with E-state index in [0.717, 1.165) is 10.8 Å². The Morgan fingerprint density at radius 2 is 1.27 bits per heavy atom. The summed E-state index contributed by atoms with van der Waals surface area (Å²) >= 11 is 0. The van der Waals surface area contributed by atoms with Crippen molar-refractivity contribution in [3.05, 3.63) is 48.0 Å². The van der Waals surface area contributed by atoms with Crippen molar-refractivity contribution in [2.24, 2.45) is 5.73 Å². The lowest BCUT2D eigenvalue weighted by molar-refractivity contribution is -0.118. The summed E-state index contributed by atoms with van der Waals surface area (Å²) in [5.74, 6) is -1.38. The Kier molecular flexibility index (Phi) is 10.4. The molecule has 0 aromatic heterocycles. The molecule has 2 atom stereocenters. The highest BCUT2D eigenvalue weighted by atomic mass is 31.2. The first-order chi connectivity index (χ1) is 15.7. The summed E-state index contributed by atoms with van der Waals surface area (Å²) in [7, 11) is -8.26. The minimum absolute atomic E-state index is 0.0335. The van der Waals surface area contributed by atoms with E-state index in [1.54, 1.807) is 33.8 Å². The van der Waals surface area contributed by atoms with Gasteiger partial charge in [0, 0.05) is 5.92 Å². The van der Waals surface area contributed by atoms with Gasteiger partial charge in [0.15, 0.2) is 5.40 Å². The first kappa shape index (κ1) is 27.9. The summed E-state index contributed by atoms with van der Waals surface area (Å²) in [5, 5.41) is 0.424. The first-order valence-corrected chi connectivity index (χ1v) is 14.4. The number of carbonyl (C=O) groups is 1. The summed E-state index contributed by atoms with van der Waals surface area (Å²) in [5.41, 5.74) is 6.97. The molecule has 0 unspecified atom stereocenters. The molecule has 2 aromatic carbocycles. The van der Waals surface area contributed by atoms with Crippen LogP contribution in [0.25, 0.3) is 10.8 Å². The number of Topliss-reactive ketones (excluding diaryl/α,β-unsaturated/α-hetero) is 1. The molecule has 33 heavy (non-hydrogen) atoms. The van der Waals surface area contributed by atoms with Gasteiger partial charge >= 0.3 is 15.2 Å². The number of hydrogen-bond acceptors (Lipinski definition) is 8. The molecule has 0 radical (unpaired) electrons. The molecule has 2 aromatic rings. The van der Waals surface area contributed by atoms with E-state index in [1.807, 2.05) is 36.4 Å². The molecular weight excluding hydrogens is 464 g/mol. The van der Waals surface area contributed by atoms with Gasteiger partial charge in [-0.05, 0) is 51.0 Å². The summed E-state index contributed by atoms with van der Waals surface area (Å²) < 4.78 is 50.8. The zero-order chi connectivity index (χ0) is 24.6. The molecule has 2 rings (SSSR count). The molecule has 184 valence electrons. The van der Waals surface area contributed by atoms with Crippen molar-refractivity contribution >= 4 is 31.7 Å². The van der Waals surface area contributed by atoms with Gasteiger partial charge in [0.05, 0.1) is 32.5 Å². The van der Waals surface area contributed by atoms with Gasteiger partial charge in [-0.15, -0.1) is 0 Å². The van der Waals surface area contributed by atoms with E-state index in [1.165, 1.54) is 6.92 Å². The Balaban J connectivity index is 2.87. The third-order valence-corrected chi connectivity index (χ3v) is 11.3. The highest BCUT2D eigenvalue weighted by Gasteiger charge is 2.57. The molecule has 0 fully saturated rings. The highest BCUT2D eigenvalue weighted by molar-refractivity contribution is 7.72. The van der Waals surface area contributed by atoms with E-state index < -0.39 is 32.6 Å². The van der Waals surface area contributed by atoms with Gasteiger partial charge in [0.25, 0.3) is 0 Å². The van der Waals surface area contributed by atoms with Crippen LogP contribution in [0.5, 0.6) is 0 Å². The van der Waals surface area contributed by atoms with Gasteiger partial charge in [-0.25, -0.2) is 0 Å². The number of hydrogen-bond donors (Lipinski definition) is 1. The molecular formula is C23H35NO7P2. The number of rotatable bonds is 14. The number of fused-ring (bicyclic) bond motifs is 1. The second-order valence-corrected chi connectivity index (χ2v) is 12.1. The van der Waals surface area contributed by atoms with Crippen LogP contribution in [0.2, 0.25) is 0 Å². The molecule has 0 aliphatic rings. The number of carbonyl (C=O) groups excluding carboxylic acids is 1. The quantitative estimate of drug-likeness (QED) is 0.329. The average Bonchev–Trinajstić information content (AvgIpc) is 2.77. The fourth-order valence-corrected chi connectivity index (χ4v) is 9.79. The van der Waals surface area contributed by atoms with Crippen LogP contribution in [-0.4, -0.2) is 43.7 Å². The molecule has 0 saturated carbocycles. The molecule has 10 heteroatoms. The second kappa shape index (κ2) is 12.4. The van der Waals surface area contributed by atoms with Crippen LogP contribution < -0.4 is 5.73 Å². The second-order valence-electron chi connectivity index (χ2n) is 7.43. The van der Waals surface area contributed by atoms with Gasteiger partial charge in [-0.1, -0.05) is 42.5 Å². The predicted molar refractivity (Wildman–Crippen MR) is 131 cm³/mol. The van der Waals surface area contributed by atoms with E-state index in [-0.39, 0.29) is 32.2 Å². The van der Waals surface area contributed by atoms with Crippen LogP contribution >= 0.6 is 15.2 Å². The molecule has 0 amide bonds. The predicted octanol–water partition coefficient (Wildman–Crippen LogP) is 5.70. The van der Waals surface area contributed by atoms with E-state index >= 15 is 0 Å². The van der Waals surface area contributed by atoms with Crippen LogP contribution in [0, 0.1) is 0 Å². The van der Waals surface area contributed by atoms with Crippen molar-refractivity contribution < 1.29 is 32.0 Å². The van der Waals surface area contributed by atoms with Crippen LogP contribution in [0.1, 0.15) is 46.1 Å². The minimum Gasteiger partial charge on any atom is -0.321 e. The molecule has 2 N–H and O–H groups in total. The molecule has 0 saturated heterocycles. The normalized spacial score (nSPS) is 14.5. The average molecular weight is 499 g/mol. The van der Waals surface area contributed by atoms with E-state index in [0.29, 0.717) is 5.56 Å². The first-order valence-electron chi connectivity index (χ1n) is 11.2. The largest absolute Gasteiger partial charge is 0.346 e. The van der Waals surface area contributed by atoms with Crippen molar-refractivity contribution in [3.63, 3.8) is 0 Å². The minimum atomic E-state index is -4.13. The zero-order valence-electron chi connectivity index (χ0n) is 19.9. The standard InChI is InChI=1S/C23H35NO7P2/c1-6-28-32(26,29-7-2)23(33(27,30-8-3)31-9-4)21(22(24)17(5)25)20-15-14-18-12-10-11-13-19(18)16-20/h10-16,21-23H,6-9,24H2,1-5H3/t21-,22-/m1/s1. The highest BCUT2D eigenvalue weighted by Crippen LogP contribution is 2.74. The van der Waals surface area contributed by atoms with Gasteiger partial charge in [0.2, 0.25) is 0 Å². The van der Waals surface area contributed by atoms with E-state index in [4.69, 9.17) is 23.8 Å². The number of ketones is 1. The Bertz CT molecular complexity index is 979. The number of nitrogens with two attached hydrogens (primary N) is 1. The molecule has 8 nitrogen and oxygen atoms in total. The lowest BCUT2D eigenvalue weighted by Crippen LogP contribution is -2.42. The smallest absolute Gasteiger partial charge is 0.321 e. The van der Waals surface area contributed by atoms with Crippen LogP contribution in [0.15, 0.2) is 42.5 Å². The van der Waals surface area contributed by atoms with Crippen molar-refractivity contribution in [1.29, 1.82) is 0 Å². The lowest BCUT2D eigenvalue weighted by Gasteiger charge is -2.38. The van der Waals surface area contributed by atoms with Crippen LogP contribution in [0.3, 0.4) is 0 Å². The SMILES string of the molecule is CCOP(=O)(OCC)C([C@H](c1ccc2ccccc2c1)[C@H](N)C(C)=O)P(=O)(OCC)OCC. The Hall–Kier alpha value is -1.37. The molecule has 0 aliphatic heterocycles. The summed E-state index contributed by atoms with van der Waals surface area (Å²) in [6.45, 7) is 8.11. The van der Waals surface area contributed by atoms with Crippen LogP contribution in [-0.2, 0) is 32.0 Å². The van der Waals surface area contributed by atoms with E-state index in [2.05, 4.69) is 0 Å². The van der Waals surface area contributed by atoms with Crippen LogP contribution in [0.4, 0.5) is 0 Å². The topological polar surface area (TPSA) is 114 Å². The number of benzene rings is 2. The van der Waals surface area contributed by atoms with Crippen molar-refractivity contribution in [1.82, 2.24) is 0 Å². The van der Waals surface area contributed by atoms with Gasteiger partial charge < -0.3 is 23.8 Å². The maximum atomic E-state index is 14.2. The van der Waals surface area contributed by atoms with Gasteiger partial charge in [-0.3, -0.25) is 13.9 Å². The molecule has 0 bridgehead atoms. The molecule has 0 spiro atoms. The summed E-state index contributed by atoms with van der Waals surface area (Å²) in [6.07, 6.45) is 0. The summed E-state index contributed by atoms with van der Waals surface area (Å²) in [4.78, 5) is 12.5. The fourth-order valence-electron chi connectivity index (χ4n) is 3.90. The third-order valence-electron chi connectivity index (χ3n) is 5.22. The Morgan fingerprint density at radius 3 is 1.70 bits per heavy atom. The summed E-state index contributed by atoms with van der Waals surface area (Å²) in [6, 6.07) is 12.0. The van der Waals surface area contributed by atoms with Gasteiger partial charge in [0.1, 0.15) is 5.78 Å². The molecule has 0 aliphatic carbocycles. The van der Waals surface area contributed by atoms with Crippen molar-refractivity contribution in [2.75, 3.05) is 26.4 Å². The monoisotopic (exact) mass is 499 g/mol. The Labute approximate surface area is 196 Å². The fraction of sp³-hybridized carbons (Fsp3) is 0.522. The molecule has 0 heterocycles. The third kappa shape index (κ3) is 6.40. The maximum absolute atomic E-state index is 14.2.